The van der Waals surface area contributed by atoms with Crippen molar-refractivity contribution in [3.63, 3.8) is 0 Å². The van der Waals surface area contributed by atoms with Gasteiger partial charge in [0, 0.05) is 26.5 Å². The molecular weight excluding hydrogens is 304 g/mol. The smallest absolute Gasteiger partial charge is 0.241 e. The zero-order chi connectivity index (χ0) is 14.6. The van der Waals surface area contributed by atoms with Crippen LogP contribution in [-0.4, -0.2) is 63.6 Å². The van der Waals surface area contributed by atoms with Gasteiger partial charge in [-0.05, 0) is 12.8 Å². The molecule has 1 aliphatic rings. The summed E-state index contributed by atoms with van der Waals surface area (Å²) in [5, 5.41) is -0.482. The van der Waals surface area contributed by atoms with E-state index in [2.05, 4.69) is 0 Å². The first kappa shape index (κ1) is 19.6. The topological polar surface area (TPSA) is 89.7 Å². The molecule has 8 heteroatoms. The van der Waals surface area contributed by atoms with Crippen molar-refractivity contribution in [2.75, 3.05) is 27.0 Å². The number of carbonyl (C=O) groups excluding carboxylic acids is 1. The van der Waals surface area contributed by atoms with Crippen LogP contribution in [0.15, 0.2) is 0 Å². The minimum Gasteiger partial charge on any atom is -0.383 e. The van der Waals surface area contributed by atoms with Crippen molar-refractivity contribution in [2.45, 2.75) is 43.0 Å². The van der Waals surface area contributed by atoms with Crippen LogP contribution in [0, 0.1) is 0 Å². The Hall–Kier alpha value is -0.370. The number of sulfone groups is 1. The molecule has 0 heterocycles. The average Bonchev–Trinajstić information content (AvgIpc) is 2.36. The van der Waals surface area contributed by atoms with Crippen LogP contribution >= 0.6 is 12.4 Å². The van der Waals surface area contributed by atoms with Crippen LogP contribution in [0.2, 0.25) is 0 Å². The van der Waals surface area contributed by atoms with Gasteiger partial charge in [0.25, 0.3) is 0 Å². The largest absolute Gasteiger partial charge is 0.383 e. The lowest BCUT2D eigenvalue weighted by Crippen LogP contribution is -2.54. The molecule has 0 bridgehead atoms. The predicted octanol–water partition coefficient (Wildman–Crippen LogP) is 0.196. The standard InChI is InChI=1S/C12H24N2O4S.ClH/c1-14(12(15)9(13)8-18-2)10-6-4-5-7-11(10)19(3,16)17;/h9-11H,4-8,13H2,1-3H3;1H. The highest BCUT2D eigenvalue weighted by Gasteiger charge is 2.37. The van der Waals surface area contributed by atoms with Crippen LogP contribution < -0.4 is 5.73 Å². The highest BCUT2D eigenvalue weighted by atomic mass is 35.5. The van der Waals surface area contributed by atoms with Gasteiger partial charge < -0.3 is 15.4 Å². The molecule has 120 valence electrons. The summed E-state index contributed by atoms with van der Waals surface area (Å²) in [7, 11) is -0.0473. The number of rotatable bonds is 5. The van der Waals surface area contributed by atoms with Crippen molar-refractivity contribution in [3.05, 3.63) is 0 Å². The van der Waals surface area contributed by atoms with E-state index >= 15 is 0 Å². The van der Waals surface area contributed by atoms with Crippen LogP contribution in [-0.2, 0) is 19.4 Å². The van der Waals surface area contributed by atoms with Gasteiger partial charge in [-0.15, -0.1) is 12.4 Å². The molecule has 0 aromatic rings. The van der Waals surface area contributed by atoms with Gasteiger partial charge in [0.15, 0.2) is 9.84 Å². The van der Waals surface area contributed by atoms with E-state index in [9.17, 15) is 13.2 Å². The van der Waals surface area contributed by atoms with Gasteiger partial charge in [0.1, 0.15) is 6.04 Å². The third-order valence-corrected chi connectivity index (χ3v) is 5.38. The number of likely N-dealkylation sites (N-methyl/N-ethyl adjacent to an activating group) is 1. The van der Waals surface area contributed by atoms with E-state index in [4.69, 9.17) is 10.5 Å². The van der Waals surface area contributed by atoms with Gasteiger partial charge in [-0.25, -0.2) is 8.42 Å². The maximum Gasteiger partial charge on any atom is 0.241 e. The van der Waals surface area contributed by atoms with E-state index in [0.717, 1.165) is 12.8 Å². The highest BCUT2D eigenvalue weighted by Crippen LogP contribution is 2.27. The first-order chi connectivity index (χ1) is 8.79. The van der Waals surface area contributed by atoms with Crippen LogP contribution in [0.25, 0.3) is 0 Å². The number of carbonyl (C=O) groups is 1. The van der Waals surface area contributed by atoms with E-state index in [1.807, 2.05) is 0 Å². The fraction of sp³-hybridized carbons (Fsp3) is 0.917. The van der Waals surface area contributed by atoms with Gasteiger partial charge in [-0.3, -0.25) is 4.79 Å². The monoisotopic (exact) mass is 328 g/mol. The number of hydrogen-bond acceptors (Lipinski definition) is 5. The van der Waals surface area contributed by atoms with Crippen molar-refractivity contribution in [2.24, 2.45) is 5.73 Å². The van der Waals surface area contributed by atoms with Crippen LogP contribution in [0.5, 0.6) is 0 Å². The second kappa shape index (κ2) is 8.17. The summed E-state index contributed by atoms with van der Waals surface area (Å²) < 4.78 is 28.5. The number of nitrogens with two attached hydrogens (primary N) is 1. The number of ether oxygens (including phenoxy) is 1. The summed E-state index contributed by atoms with van der Waals surface area (Å²) in [5.41, 5.74) is 5.72. The molecule has 1 aliphatic carbocycles. The van der Waals surface area contributed by atoms with E-state index in [1.165, 1.54) is 18.3 Å². The molecule has 1 rings (SSSR count). The van der Waals surface area contributed by atoms with Gasteiger partial charge in [-0.1, -0.05) is 12.8 Å². The molecule has 3 unspecified atom stereocenters. The highest BCUT2D eigenvalue weighted by molar-refractivity contribution is 7.91. The Balaban J connectivity index is 0.00000361. The number of methoxy groups -OCH3 is 1. The molecule has 6 nitrogen and oxygen atoms in total. The van der Waals surface area contributed by atoms with Crippen LogP contribution in [0.1, 0.15) is 25.7 Å². The van der Waals surface area contributed by atoms with E-state index < -0.39 is 21.1 Å². The van der Waals surface area contributed by atoms with Crippen molar-refractivity contribution in [1.29, 1.82) is 0 Å². The maximum absolute atomic E-state index is 12.1. The Morgan fingerprint density at radius 3 is 2.45 bits per heavy atom. The summed E-state index contributed by atoms with van der Waals surface area (Å²) in [5.74, 6) is -0.262. The van der Waals surface area contributed by atoms with Gasteiger partial charge in [0.2, 0.25) is 5.91 Å². The summed E-state index contributed by atoms with van der Waals surface area (Å²) in [6.07, 6.45) is 4.39. The van der Waals surface area contributed by atoms with Gasteiger partial charge >= 0.3 is 0 Å². The SMILES string of the molecule is COCC(N)C(=O)N(C)C1CCCCC1S(C)(=O)=O.Cl. The predicted molar refractivity (Wildman–Crippen MR) is 80.8 cm³/mol. The lowest BCUT2D eigenvalue weighted by atomic mass is 9.93. The Morgan fingerprint density at radius 2 is 1.95 bits per heavy atom. The molecule has 20 heavy (non-hydrogen) atoms. The van der Waals surface area contributed by atoms with Crippen molar-refractivity contribution in [3.8, 4) is 0 Å². The quantitative estimate of drug-likeness (QED) is 0.778. The molecule has 2 N–H and O–H groups in total. The summed E-state index contributed by atoms with van der Waals surface area (Å²) >= 11 is 0. The molecule has 0 saturated heterocycles. The number of hydrogen-bond donors (Lipinski definition) is 1. The van der Waals surface area contributed by atoms with E-state index in [-0.39, 0.29) is 31.0 Å². The Bertz CT molecular complexity index is 416. The molecular formula is C12H25ClN2O4S. The van der Waals surface area contributed by atoms with Crippen molar-refractivity contribution in [1.82, 2.24) is 4.90 Å². The number of halogens is 1. The second-order valence-corrected chi connectivity index (χ2v) is 7.50. The zero-order valence-electron chi connectivity index (χ0n) is 12.2. The average molecular weight is 329 g/mol. The Kier molecular flexibility index (Phi) is 8.01. The fourth-order valence-corrected chi connectivity index (χ4v) is 4.18. The van der Waals surface area contributed by atoms with Crippen LogP contribution in [0.4, 0.5) is 0 Å². The normalized spacial score (nSPS) is 24.6. The lowest BCUT2D eigenvalue weighted by Gasteiger charge is -2.37. The molecule has 0 aliphatic heterocycles. The zero-order valence-corrected chi connectivity index (χ0v) is 13.9. The lowest BCUT2D eigenvalue weighted by molar-refractivity contribution is -0.135. The van der Waals surface area contributed by atoms with Gasteiger partial charge in [0.05, 0.1) is 11.9 Å². The number of amides is 1. The third kappa shape index (κ3) is 4.87. The Morgan fingerprint density at radius 1 is 1.40 bits per heavy atom. The summed E-state index contributed by atoms with van der Waals surface area (Å²) in [6, 6.07) is -1.02. The van der Waals surface area contributed by atoms with Crippen molar-refractivity contribution < 1.29 is 17.9 Å². The first-order valence-corrected chi connectivity index (χ1v) is 8.44. The third-order valence-electron chi connectivity index (χ3n) is 3.73. The fourth-order valence-electron chi connectivity index (χ4n) is 2.70. The molecule has 0 aromatic carbocycles. The minimum atomic E-state index is -3.16. The molecule has 0 spiro atoms. The summed E-state index contributed by atoms with van der Waals surface area (Å²) in [4.78, 5) is 13.6. The molecule has 1 saturated carbocycles. The minimum absolute atomic E-state index is 0. The van der Waals surface area contributed by atoms with Crippen LogP contribution in [0.3, 0.4) is 0 Å². The molecule has 1 fully saturated rings. The molecule has 0 radical (unpaired) electrons. The molecule has 3 atom stereocenters. The maximum atomic E-state index is 12.1. The number of nitrogens with zero attached hydrogens (tertiary/aromatic N) is 1. The second-order valence-electron chi connectivity index (χ2n) is 5.23. The first-order valence-electron chi connectivity index (χ1n) is 6.49. The van der Waals surface area contributed by atoms with E-state index in [0.29, 0.717) is 12.8 Å². The molecule has 1 amide bonds. The Labute approximate surface area is 127 Å². The van der Waals surface area contributed by atoms with Crippen molar-refractivity contribution >= 4 is 28.2 Å². The molecule has 0 aromatic heterocycles. The van der Waals surface area contributed by atoms with E-state index in [1.54, 1.807) is 7.05 Å². The van der Waals surface area contributed by atoms with Gasteiger partial charge in [-0.2, -0.15) is 0 Å². The summed E-state index contributed by atoms with van der Waals surface area (Å²) in [6.45, 7) is 0.138.